The van der Waals surface area contributed by atoms with Crippen molar-refractivity contribution in [2.75, 3.05) is 0 Å². The van der Waals surface area contributed by atoms with Gasteiger partial charge in [-0.3, -0.25) is 0 Å². The monoisotopic (exact) mass is 192 g/mol. The van der Waals surface area contributed by atoms with E-state index in [0.29, 0.717) is 0 Å². The highest BCUT2D eigenvalue weighted by molar-refractivity contribution is 8.35. The molecule has 0 radical (unpaired) electrons. The second-order valence-electron chi connectivity index (χ2n) is 1.72. The van der Waals surface area contributed by atoms with Crippen LogP contribution in [0.1, 0.15) is 0 Å². The fourth-order valence-electron chi connectivity index (χ4n) is 0.604. The number of aliphatic carboxylic acids is 1. The number of hydrogen-bond acceptors (Lipinski definition) is 3. The van der Waals surface area contributed by atoms with Crippen LogP contribution < -0.4 is 0 Å². The summed E-state index contributed by atoms with van der Waals surface area (Å²) in [6.07, 6.45) is 1.09. The third-order valence-electron chi connectivity index (χ3n) is 1.01. The maximum absolute atomic E-state index is 10.4. The van der Waals surface area contributed by atoms with Crippen LogP contribution in [-0.2, 0) is 24.5 Å². The third-order valence-corrected chi connectivity index (χ3v) is 3.60. The zero-order valence-electron chi connectivity index (χ0n) is 5.18. The third kappa shape index (κ3) is 1.58. The van der Waals surface area contributed by atoms with Crippen molar-refractivity contribution in [2.24, 2.45) is 0 Å². The molecule has 1 atom stereocenters. The average molecular weight is 192 g/mol. The van der Waals surface area contributed by atoms with E-state index in [0.717, 1.165) is 6.08 Å². The minimum Gasteiger partial charge on any atom is -0.507 e. The van der Waals surface area contributed by atoms with Gasteiger partial charge in [-0.15, -0.1) is 0 Å². The molecule has 0 aromatic heterocycles. The Balaban J connectivity index is 3.13. The van der Waals surface area contributed by atoms with Crippen LogP contribution in [0.25, 0.3) is 0 Å². The minimum absolute atomic E-state index is 0.0394. The van der Waals surface area contributed by atoms with Gasteiger partial charge in [0.25, 0.3) is 0 Å². The van der Waals surface area contributed by atoms with Gasteiger partial charge in [0.2, 0.25) is 0 Å². The Labute approximate surface area is 67.5 Å². The van der Waals surface area contributed by atoms with Gasteiger partial charge in [0.15, 0.2) is 0 Å². The van der Waals surface area contributed by atoms with Crippen molar-refractivity contribution in [2.45, 2.75) is 0 Å². The van der Waals surface area contributed by atoms with Crippen molar-refractivity contribution >= 4 is 25.6 Å². The zero-order valence-corrected chi connectivity index (χ0v) is 6.82. The largest absolute Gasteiger partial charge is 0.507 e. The summed E-state index contributed by atoms with van der Waals surface area (Å²) in [4.78, 5) is 10.3. The lowest BCUT2D eigenvalue weighted by Gasteiger charge is -1.90. The van der Waals surface area contributed by atoms with Gasteiger partial charge in [-0.1, -0.05) is 0 Å². The SMILES string of the molecule is O=S=S1C=C(O)C=C1C(=O)O. The summed E-state index contributed by atoms with van der Waals surface area (Å²) in [6, 6.07) is 0. The molecule has 1 heterocycles. The highest BCUT2D eigenvalue weighted by atomic mass is 32.8. The number of carboxylic acid groups (broad SMARTS) is 1. The van der Waals surface area contributed by atoms with Crippen molar-refractivity contribution in [3.05, 3.63) is 22.1 Å². The van der Waals surface area contributed by atoms with Crippen LogP contribution in [0.4, 0.5) is 0 Å². The van der Waals surface area contributed by atoms with Crippen LogP contribution in [0.2, 0.25) is 0 Å². The molecule has 1 unspecified atom stereocenters. The molecule has 2 N–H and O–H groups in total. The maximum atomic E-state index is 10.4. The molecule has 0 aliphatic carbocycles. The molecular weight excluding hydrogens is 188 g/mol. The predicted octanol–water partition coefficient (Wildman–Crippen LogP) is 0.114. The summed E-state index contributed by atoms with van der Waals surface area (Å²) in [5, 5.41) is 18.5. The van der Waals surface area contributed by atoms with Crippen LogP contribution in [0.3, 0.4) is 0 Å². The standard InChI is InChI=1S/C5H4O4S2/c6-3-1-4(5(7)8)11(2-3)10-9/h1-2,6H,(H,7,8). The summed E-state index contributed by atoms with van der Waals surface area (Å²) >= 11 is 0. The first kappa shape index (κ1) is 8.22. The van der Waals surface area contributed by atoms with Crippen molar-refractivity contribution in [1.29, 1.82) is 0 Å². The van der Waals surface area contributed by atoms with E-state index in [2.05, 4.69) is 0 Å². The highest BCUT2D eigenvalue weighted by Gasteiger charge is 2.17. The molecule has 0 saturated heterocycles. The van der Waals surface area contributed by atoms with E-state index in [9.17, 15) is 9.00 Å². The Hall–Kier alpha value is -0.880. The summed E-state index contributed by atoms with van der Waals surface area (Å²) in [5.41, 5.74) is 0. The first-order valence-corrected chi connectivity index (χ1v) is 5.09. The van der Waals surface area contributed by atoms with E-state index >= 15 is 0 Å². The molecule has 0 saturated carbocycles. The molecular formula is C5H4O4S2. The van der Waals surface area contributed by atoms with E-state index in [1.807, 2.05) is 0 Å². The van der Waals surface area contributed by atoms with Crippen LogP contribution >= 0.6 is 0 Å². The average Bonchev–Trinajstić information content (AvgIpc) is 2.30. The van der Waals surface area contributed by atoms with Crippen LogP contribution in [0, 0.1) is 0 Å². The van der Waals surface area contributed by atoms with Crippen LogP contribution in [-0.4, -0.2) is 20.4 Å². The molecule has 0 fully saturated rings. The Morgan fingerprint density at radius 2 is 2.27 bits per heavy atom. The Morgan fingerprint density at radius 3 is 2.64 bits per heavy atom. The van der Waals surface area contributed by atoms with Crippen molar-refractivity contribution in [3.63, 3.8) is 0 Å². The molecule has 1 aliphatic rings. The van der Waals surface area contributed by atoms with Gasteiger partial charge in [-0.2, -0.15) is 0 Å². The minimum atomic E-state index is -1.16. The fraction of sp³-hybridized carbons (Fsp3) is 0. The van der Waals surface area contributed by atoms with E-state index in [1.54, 1.807) is 0 Å². The molecule has 11 heavy (non-hydrogen) atoms. The van der Waals surface area contributed by atoms with Gasteiger partial charge in [-0.05, 0) is 9.45 Å². The van der Waals surface area contributed by atoms with E-state index in [4.69, 9.17) is 10.2 Å². The fourth-order valence-corrected chi connectivity index (χ4v) is 2.53. The second kappa shape index (κ2) is 3.02. The van der Waals surface area contributed by atoms with Gasteiger partial charge < -0.3 is 10.2 Å². The molecule has 0 aromatic carbocycles. The summed E-state index contributed by atoms with van der Waals surface area (Å²) in [6.45, 7) is 0. The number of aliphatic hydroxyl groups excluding tert-OH is 1. The van der Waals surface area contributed by atoms with Gasteiger partial charge in [0.05, 0.1) is 0 Å². The summed E-state index contributed by atoms with van der Waals surface area (Å²) in [5.74, 6) is -1.30. The molecule has 0 aromatic rings. The van der Waals surface area contributed by atoms with Gasteiger partial charge in [0, 0.05) is 11.5 Å². The first-order chi connectivity index (χ1) is 5.15. The molecule has 0 amide bonds. The number of carbonyl (C=O) groups is 1. The van der Waals surface area contributed by atoms with Crippen molar-refractivity contribution < 1.29 is 19.2 Å². The van der Waals surface area contributed by atoms with E-state index in [1.165, 1.54) is 5.41 Å². The summed E-state index contributed by atoms with van der Waals surface area (Å²) < 4.78 is 10.3. The smallest absolute Gasteiger partial charge is 0.343 e. The highest BCUT2D eigenvalue weighted by Crippen LogP contribution is 2.16. The molecule has 60 valence electrons. The quantitative estimate of drug-likeness (QED) is 0.618. The molecule has 4 nitrogen and oxygen atoms in total. The molecule has 0 bridgehead atoms. The van der Waals surface area contributed by atoms with Crippen molar-refractivity contribution in [1.82, 2.24) is 0 Å². The molecule has 1 aliphatic heterocycles. The van der Waals surface area contributed by atoms with Crippen molar-refractivity contribution in [3.8, 4) is 0 Å². The number of rotatable bonds is 1. The summed E-state index contributed by atoms with van der Waals surface area (Å²) in [7, 11) is -0.857. The lowest BCUT2D eigenvalue weighted by atomic mass is 10.4. The first-order valence-electron chi connectivity index (χ1n) is 2.54. The number of carboxylic acids is 1. The Morgan fingerprint density at radius 1 is 1.64 bits per heavy atom. The number of aliphatic hydroxyl groups is 1. The maximum Gasteiger partial charge on any atom is 0.343 e. The van der Waals surface area contributed by atoms with E-state index < -0.39 is 15.4 Å². The predicted molar refractivity (Wildman–Crippen MR) is 41.9 cm³/mol. The lowest BCUT2D eigenvalue weighted by molar-refractivity contribution is -0.131. The van der Waals surface area contributed by atoms with Gasteiger partial charge in [0.1, 0.15) is 20.9 Å². The Bertz CT molecular complexity index is 321. The molecule has 0 spiro atoms. The van der Waals surface area contributed by atoms with E-state index in [-0.39, 0.29) is 20.9 Å². The van der Waals surface area contributed by atoms with Gasteiger partial charge >= 0.3 is 5.97 Å². The molecule has 1 rings (SSSR count). The number of allylic oxidation sites excluding steroid dienone is 1. The number of hydrogen-bond donors (Lipinski definition) is 2. The second-order valence-corrected chi connectivity index (χ2v) is 4.61. The Kier molecular flexibility index (Phi) is 2.25. The van der Waals surface area contributed by atoms with Crippen LogP contribution in [0.15, 0.2) is 22.1 Å². The topological polar surface area (TPSA) is 74.6 Å². The normalized spacial score (nSPS) is 22.4. The molecule has 6 heteroatoms. The van der Waals surface area contributed by atoms with Crippen LogP contribution in [0.5, 0.6) is 0 Å². The lowest BCUT2D eigenvalue weighted by Crippen LogP contribution is -2.01. The zero-order chi connectivity index (χ0) is 8.43. The van der Waals surface area contributed by atoms with Gasteiger partial charge in [-0.25, -0.2) is 9.00 Å².